The molecule has 1 aliphatic heterocycles. The SMILES string of the molecule is FC(F)(F)CC1(CI)CCOC1. The van der Waals surface area contributed by atoms with Gasteiger partial charge in [-0.25, -0.2) is 0 Å². The fourth-order valence-electron chi connectivity index (χ4n) is 1.37. The molecule has 0 aromatic heterocycles. The van der Waals surface area contributed by atoms with Gasteiger partial charge < -0.3 is 4.74 Å². The van der Waals surface area contributed by atoms with E-state index in [0.29, 0.717) is 17.5 Å². The van der Waals surface area contributed by atoms with Gasteiger partial charge in [0.05, 0.1) is 13.0 Å². The number of ether oxygens (including phenoxy) is 1. The largest absolute Gasteiger partial charge is 0.389 e. The monoisotopic (exact) mass is 294 g/mol. The molecule has 1 aliphatic rings. The van der Waals surface area contributed by atoms with Crippen LogP contribution in [0.4, 0.5) is 13.2 Å². The van der Waals surface area contributed by atoms with Crippen LogP contribution in [0.25, 0.3) is 0 Å². The first-order valence-corrected chi connectivity index (χ1v) is 5.20. The van der Waals surface area contributed by atoms with Gasteiger partial charge in [-0.1, -0.05) is 22.6 Å². The highest BCUT2D eigenvalue weighted by atomic mass is 127. The van der Waals surface area contributed by atoms with Gasteiger partial charge in [0, 0.05) is 16.4 Å². The maximum atomic E-state index is 12.1. The lowest BCUT2D eigenvalue weighted by Gasteiger charge is -2.25. The average Bonchev–Trinajstić information content (AvgIpc) is 2.34. The molecular weight excluding hydrogens is 284 g/mol. The predicted molar refractivity (Wildman–Crippen MR) is 47.4 cm³/mol. The zero-order chi connectivity index (χ0) is 9.24. The van der Waals surface area contributed by atoms with Crippen LogP contribution in [0.2, 0.25) is 0 Å². The minimum atomic E-state index is -4.06. The Balaban J connectivity index is 2.55. The highest BCUT2D eigenvalue weighted by Crippen LogP contribution is 2.41. The molecule has 12 heavy (non-hydrogen) atoms. The van der Waals surface area contributed by atoms with E-state index in [9.17, 15) is 13.2 Å². The molecule has 5 heteroatoms. The summed E-state index contributed by atoms with van der Waals surface area (Å²) in [6.07, 6.45) is -4.22. The predicted octanol–water partition coefficient (Wildman–Crippen LogP) is 2.78. The summed E-state index contributed by atoms with van der Waals surface area (Å²) in [5.74, 6) is 0. The van der Waals surface area contributed by atoms with Crippen LogP contribution < -0.4 is 0 Å². The topological polar surface area (TPSA) is 9.23 Å². The lowest BCUT2D eigenvalue weighted by Crippen LogP contribution is -2.30. The maximum Gasteiger partial charge on any atom is 0.389 e. The molecule has 0 radical (unpaired) electrons. The molecule has 0 saturated carbocycles. The summed E-state index contributed by atoms with van der Waals surface area (Å²) >= 11 is 2.00. The molecule has 1 atom stereocenters. The van der Waals surface area contributed by atoms with Gasteiger partial charge in [-0.2, -0.15) is 13.2 Å². The van der Waals surface area contributed by atoms with E-state index < -0.39 is 18.0 Å². The van der Waals surface area contributed by atoms with Gasteiger partial charge in [-0.15, -0.1) is 0 Å². The molecule has 1 unspecified atom stereocenters. The van der Waals surface area contributed by atoms with Crippen molar-refractivity contribution < 1.29 is 17.9 Å². The molecule has 1 rings (SSSR count). The Bertz CT molecular complexity index is 151. The molecule has 0 bridgehead atoms. The normalized spacial score (nSPS) is 31.0. The van der Waals surface area contributed by atoms with Crippen LogP contribution in [0, 0.1) is 5.41 Å². The first-order valence-electron chi connectivity index (χ1n) is 3.68. The molecule has 0 aliphatic carbocycles. The Morgan fingerprint density at radius 3 is 2.42 bits per heavy atom. The third-order valence-electron chi connectivity index (χ3n) is 2.04. The van der Waals surface area contributed by atoms with Crippen molar-refractivity contribution in [3.63, 3.8) is 0 Å². The van der Waals surface area contributed by atoms with Crippen molar-refractivity contribution in [2.24, 2.45) is 5.41 Å². The number of hydrogen-bond acceptors (Lipinski definition) is 1. The van der Waals surface area contributed by atoms with E-state index in [2.05, 4.69) is 0 Å². The van der Waals surface area contributed by atoms with Crippen LogP contribution in [0.15, 0.2) is 0 Å². The minimum absolute atomic E-state index is 0.259. The second kappa shape index (κ2) is 3.69. The quantitative estimate of drug-likeness (QED) is 0.562. The van der Waals surface area contributed by atoms with Crippen molar-refractivity contribution in [2.45, 2.75) is 19.0 Å². The smallest absolute Gasteiger partial charge is 0.381 e. The Morgan fingerprint density at radius 1 is 1.42 bits per heavy atom. The summed E-state index contributed by atoms with van der Waals surface area (Å²) in [6.45, 7) is 0.731. The fraction of sp³-hybridized carbons (Fsp3) is 1.00. The summed E-state index contributed by atoms with van der Waals surface area (Å²) in [6, 6.07) is 0. The number of alkyl halides is 4. The second-order valence-corrected chi connectivity index (χ2v) is 3.99. The highest BCUT2D eigenvalue weighted by molar-refractivity contribution is 14.1. The number of halogens is 4. The zero-order valence-corrected chi connectivity index (χ0v) is 8.61. The van der Waals surface area contributed by atoms with E-state index >= 15 is 0 Å². The molecular formula is C7H10F3IO. The third-order valence-corrected chi connectivity index (χ3v) is 3.66. The van der Waals surface area contributed by atoms with Gasteiger partial charge >= 0.3 is 6.18 Å². The summed E-state index contributed by atoms with van der Waals surface area (Å²) in [4.78, 5) is 0. The Kier molecular flexibility index (Phi) is 3.25. The molecule has 0 aromatic rings. The summed E-state index contributed by atoms with van der Waals surface area (Å²) in [7, 11) is 0. The molecule has 0 aromatic carbocycles. The molecule has 1 saturated heterocycles. The summed E-state index contributed by atoms with van der Waals surface area (Å²) < 4.78 is 41.8. The molecule has 1 fully saturated rings. The van der Waals surface area contributed by atoms with Crippen molar-refractivity contribution in [1.82, 2.24) is 0 Å². The lowest BCUT2D eigenvalue weighted by atomic mass is 9.86. The lowest BCUT2D eigenvalue weighted by molar-refractivity contribution is -0.155. The molecule has 0 spiro atoms. The van der Waals surface area contributed by atoms with Crippen molar-refractivity contribution in [3.8, 4) is 0 Å². The summed E-state index contributed by atoms with van der Waals surface area (Å²) in [5.41, 5.74) is -0.640. The van der Waals surface area contributed by atoms with Gasteiger partial charge in [0.25, 0.3) is 0 Å². The van der Waals surface area contributed by atoms with Crippen molar-refractivity contribution in [3.05, 3.63) is 0 Å². The minimum Gasteiger partial charge on any atom is -0.381 e. The van der Waals surface area contributed by atoms with Crippen LogP contribution in [0.1, 0.15) is 12.8 Å². The highest BCUT2D eigenvalue weighted by Gasteiger charge is 2.44. The molecule has 1 heterocycles. The van der Waals surface area contributed by atoms with E-state index in [4.69, 9.17) is 4.74 Å². The van der Waals surface area contributed by atoms with Gasteiger partial charge in [0.2, 0.25) is 0 Å². The Labute approximate surface area is 82.8 Å². The molecule has 72 valence electrons. The van der Waals surface area contributed by atoms with E-state index in [-0.39, 0.29) is 6.61 Å². The van der Waals surface area contributed by atoms with Crippen molar-refractivity contribution >= 4 is 22.6 Å². The Hall–Kier alpha value is 0.480. The van der Waals surface area contributed by atoms with E-state index in [1.807, 2.05) is 22.6 Å². The van der Waals surface area contributed by atoms with Gasteiger partial charge in [-0.3, -0.25) is 0 Å². The Morgan fingerprint density at radius 2 is 2.08 bits per heavy atom. The van der Waals surface area contributed by atoms with Crippen molar-refractivity contribution in [2.75, 3.05) is 17.6 Å². The van der Waals surface area contributed by atoms with E-state index in [0.717, 1.165) is 0 Å². The van der Waals surface area contributed by atoms with Crippen LogP contribution in [-0.4, -0.2) is 23.8 Å². The first-order chi connectivity index (χ1) is 5.47. The van der Waals surface area contributed by atoms with Gasteiger partial charge in [0.15, 0.2) is 0 Å². The van der Waals surface area contributed by atoms with Crippen LogP contribution >= 0.6 is 22.6 Å². The standard InChI is InChI=1S/C7H10F3IO/c8-7(9,10)3-6(4-11)1-2-12-5-6/h1-5H2. The van der Waals surface area contributed by atoms with Gasteiger partial charge in [-0.05, 0) is 6.42 Å². The van der Waals surface area contributed by atoms with Crippen molar-refractivity contribution in [1.29, 1.82) is 0 Å². The second-order valence-electron chi connectivity index (χ2n) is 3.23. The molecule has 1 nitrogen and oxygen atoms in total. The van der Waals surface area contributed by atoms with Crippen LogP contribution in [0.3, 0.4) is 0 Å². The fourth-order valence-corrected chi connectivity index (χ4v) is 2.24. The zero-order valence-electron chi connectivity index (χ0n) is 6.46. The third kappa shape index (κ3) is 2.76. The molecule has 0 amide bonds. The summed E-state index contributed by atoms with van der Waals surface area (Å²) in [5, 5.41) is 0. The first kappa shape index (κ1) is 10.6. The molecule has 0 N–H and O–H groups in total. The van der Waals surface area contributed by atoms with Crippen LogP contribution in [-0.2, 0) is 4.74 Å². The average molecular weight is 294 g/mol. The van der Waals surface area contributed by atoms with Crippen LogP contribution in [0.5, 0.6) is 0 Å². The van der Waals surface area contributed by atoms with E-state index in [1.165, 1.54) is 0 Å². The van der Waals surface area contributed by atoms with Gasteiger partial charge in [0.1, 0.15) is 0 Å². The number of hydrogen-bond donors (Lipinski definition) is 0. The van der Waals surface area contributed by atoms with E-state index in [1.54, 1.807) is 0 Å². The maximum absolute atomic E-state index is 12.1. The number of rotatable bonds is 2.